The van der Waals surface area contributed by atoms with Gasteiger partial charge in [-0.25, -0.2) is 9.37 Å². The zero-order valence-corrected chi connectivity index (χ0v) is 9.00. The Hall–Kier alpha value is -1.81. The highest BCUT2D eigenvalue weighted by Gasteiger charge is 2.03. The van der Waals surface area contributed by atoms with Gasteiger partial charge in [-0.05, 0) is 30.3 Å². The van der Waals surface area contributed by atoms with Crippen LogP contribution in [-0.2, 0) is 0 Å². The topological polar surface area (TPSA) is 50.9 Å². The highest BCUT2D eigenvalue weighted by molar-refractivity contribution is 6.30. The lowest BCUT2D eigenvalue weighted by molar-refractivity contribution is 0.629. The number of anilines is 3. The molecular weight excluding hydrogens is 229 g/mol. The lowest BCUT2D eigenvalue weighted by Crippen LogP contribution is -1.98. The minimum Gasteiger partial charge on any atom is -0.382 e. The van der Waals surface area contributed by atoms with E-state index in [0.29, 0.717) is 17.2 Å². The molecule has 0 bridgehead atoms. The molecule has 0 saturated heterocycles. The Labute approximate surface area is 97.1 Å². The first kappa shape index (κ1) is 10.7. The standard InChI is InChI=1S/C11H9ClFN3/c12-8-4-3-7(6-9(8)13)16-10-2-1-5-15-11(10)14/h1-6,16H,(H2,14,15). The van der Waals surface area contributed by atoms with E-state index in [9.17, 15) is 4.39 Å². The van der Waals surface area contributed by atoms with Gasteiger partial charge in [-0.3, -0.25) is 0 Å². The average molecular weight is 238 g/mol. The first-order chi connectivity index (χ1) is 7.66. The Bertz CT molecular complexity index is 516. The Morgan fingerprint density at radius 1 is 1.31 bits per heavy atom. The number of aromatic nitrogens is 1. The molecule has 1 heterocycles. The molecule has 0 amide bonds. The summed E-state index contributed by atoms with van der Waals surface area (Å²) < 4.78 is 13.2. The number of hydrogen-bond acceptors (Lipinski definition) is 3. The summed E-state index contributed by atoms with van der Waals surface area (Å²) in [5.41, 5.74) is 6.84. The summed E-state index contributed by atoms with van der Waals surface area (Å²) in [6.45, 7) is 0. The maximum atomic E-state index is 13.2. The van der Waals surface area contributed by atoms with Crippen LogP contribution in [0.4, 0.5) is 21.6 Å². The van der Waals surface area contributed by atoms with Crippen molar-refractivity contribution in [3.8, 4) is 0 Å². The number of nitrogens with zero attached hydrogens (tertiary/aromatic N) is 1. The van der Waals surface area contributed by atoms with Crippen LogP contribution in [0, 0.1) is 5.82 Å². The summed E-state index contributed by atoms with van der Waals surface area (Å²) in [6, 6.07) is 7.94. The van der Waals surface area contributed by atoms with E-state index in [1.54, 1.807) is 24.4 Å². The fraction of sp³-hybridized carbons (Fsp3) is 0. The smallest absolute Gasteiger partial charge is 0.147 e. The normalized spacial score (nSPS) is 10.1. The Balaban J connectivity index is 2.28. The first-order valence-corrected chi connectivity index (χ1v) is 4.97. The van der Waals surface area contributed by atoms with Crippen molar-refractivity contribution in [1.29, 1.82) is 0 Å². The second-order valence-corrected chi connectivity index (χ2v) is 3.60. The number of hydrogen-bond donors (Lipinski definition) is 2. The summed E-state index contributed by atoms with van der Waals surface area (Å²) in [5.74, 6) is -0.119. The molecule has 1 aromatic heterocycles. The molecule has 2 aromatic rings. The van der Waals surface area contributed by atoms with Gasteiger partial charge in [0, 0.05) is 11.9 Å². The van der Waals surface area contributed by atoms with Crippen molar-refractivity contribution in [1.82, 2.24) is 4.98 Å². The number of rotatable bonds is 2. The second kappa shape index (κ2) is 4.37. The van der Waals surface area contributed by atoms with Crippen LogP contribution in [-0.4, -0.2) is 4.98 Å². The van der Waals surface area contributed by atoms with Crippen LogP contribution in [0.1, 0.15) is 0 Å². The molecule has 2 rings (SSSR count). The lowest BCUT2D eigenvalue weighted by Gasteiger charge is -2.08. The maximum Gasteiger partial charge on any atom is 0.147 e. The summed E-state index contributed by atoms with van der Waals surface area (Å²) in [5, 5.41) is 3.04. The zero-order chi connectivity index (χ0) is 11.5. The second-order valence-electron chi connectivity index (χ2n) is 3.19. The SMILES string of the molecule is Nc1ncccc1Nc1ccc(Cl)c(F)c1. The van der Waals surface area contributed by atoms with Crippen LogP contribution in [0.15, 0.2) is 36.5 Å². The fourth-order valence-corrected chi connectivity index (χ4v) is 1.37. The van der Waals surface area contributed by atoms with Crippen molar-refractivity contribution in [2.45, 2.75) is 0 Å². The van der Waals surface area contributed by atoms with Gasteiger partial charge in [0.2, 0.25) is 0 Å². The number of nitrogens with one attached hydrogen (secondary N) is 1. The first-order valence-electron chi connectivity index (χ1n) is 4.59. The molecule has 0 radical (unpaired) electrons. The molecule has 0 saturated carbocycles. The van der Waals surface area contributed by atoms with Crippen molar-refractivity contribution in [2.75, 3.05) is 11.1 Å². The zero-order valence-electron chi connectivity index (χ0n) is 8.24. The predicted octanol–water partition coefficient (Wildman–Crippen LogP) is 3.20. The van der Waals surface area contributed by atoms with E-state index in [4.69, 9.17) is 17.3 Å². The molecule has 5 heteroatoms. The average Bonchev–Trinajstić information content (AvgIpc) is 2.27. The van der Waals surface area contributed by atoms with Crippen molar-refractivity contribution < 1.29 is 4.39 Å². The van der Waals surface area contributed by atoms with Gasteiger partial charge in [-0.1, -0.05) is 11.6 Å². The minimum atomic E-state index is -0.478. The largest absolute Gasteiger partial charge is 0.382 e. The van der Waals surface area contributed by atoms with E-state index >= 15 is 0 Å². The summed E-state index contributed by atoms with van der Waals surface area (Å²) >= 11 is 5.58. The molecule has 0 aliphatic carbocycles. The third-order valence-corrected chi connectivity index (χ3v) is 2.34. The van der Waals surface area contributed by atoms with Crippen LogP contribution < -0.4 is 11.1 Å². The Kier molecular flexibility index (Phi) is 2.92. The molecule has 0 atom stereocenters. The lowest BCUT2D eigenvalue weighted by atomic mass is 10.3. The van der Waals surface area contributed by atoms with Crippen LogP contribution in [0.5, 0.6) is 0 Å². The van der Waals surface area contributed by atoms with Crippen LogP contribution in [0.2, 0.25) is 5.02 Å². The van der Waals surface area contributed by atoms with Gasteiger partial charge in [0.1, 0.15) is 11.6 Å². The number of nitrogen functional groups attached to an aromatic ring is 1. The highest BCUT2D eigenvalue weighted by atomic mass is 35.5. The summed E-state index contributed by atoms with van der Waals surface area (Å²) in [7, 11) is 0. The van der Waals surface area contributed by atoms with E-state index in [0.717, 1.165) is 0 Å². The van der Waals surface area contributed by atoms with Crippen molar-refractivity contribution in [2.24, 2.45) is 0 Å². The molecule has 0 aliphatic heterocycles. The highest BCUT2D eigenvalue weighted by Crippen LogP contribution is 2.24. The molecule has 0 spiro atoms. The molecule has 82 valence electrons. The summed E-state index contributed by atoms with van der Waals surface area (Å²) in [4.78, 5) is 3.91. The fourth-order valence-electron chi connectivity index (χ4n) is 1.25. The Morgan fingerprint density at radius 2 is 2.12 bits per heavy atom. The molecule has 16 heavy (non-hydrogen) atoms. The van der Waals surface area contributed by atoms with E-state index in [1.807, 2.05) is 0 Å². The molecule has 3 nitrogen and oxygen atoms in total. The minimum absolute atomic E-state index is 0.0877. The van der Waals surface area contributed by atoms with Crippen LogP contribution in [0.3, 0.4) is 0 Å². The number of halogens is 2. The van der Waals surface area contributed by atoms with E-state index in [-0.39, 0.29) is 5.02 Å². The van der Waals surface area contributed by atoms with Crippen LogP contribution in [0.25, 0.3) is 0 Å². The summed E-state index contributed by atoms with van der Waals surface area (Å²) in [6.07, 6.45) is 1.59. The van der Waals surface area contributed by atoms with Crippen molar-refractivity contribution in [3.63, 3.8) is 0 Å². The third-order valence-electron chi connectivity index (χ3n) is 2.04. The van der Waals surface area contributed by atoms with Gasteiger partial charge in [0.05, 0.1) is 10.7 Å². The third kappa shape index (κ3) is 2.23. The van der Waals surface area contributed by atoms with Crippen molar-refractivity contribution >= 4 is 28.8 Å². The van der Waals surface area contributed by atoms with Crippen LogP contribution >= 0.6 is 11.6 Å². The molecule has 0 fully saturated rings. The van der Waals surface area contributed by atoms with Gasteiger partial charge in [0.15, 0.2) is 0 Å². The van der Waals surface area contributed by atoms with Crippen molar-refractivity contribution in [3.05, 3.63) is 47.4 Å². The molecule has 0 aliphatic rings. The van der Waals surface area contributed by atoms with Gasteiger partial charge in [-0.15, -0.1) is 0 Å². The van der Waals surface area contributed by atoms with E-state index < -0.39 is 5.82 Å². The molecule has 3 N–H and O–H groups in total. The van der Waals surface area contributed by atoms with Gasteiger partial charge < -0.3 is 11.1 Å². The predicted molar refractivity (Wildman–Crippen MR) is 63.3 cm³/mol. The van der Waals surface area contributed by atoms with E-state index in [1.165, 1.54) is 12.1 Å². The Morgan fingerprint density at radius 3 is 2.81 bits per heavy atom. The molecule has 0 unspecified atom stereocenters. The van der Waals surface area contributed by atoms with Gasteiger partial charge in [-0.2, -0.15) is 0 Å². The number of pyridine rings is 1. The molecule has 1 aromatic carbocycles. The monoisotopic (exact) mass is 237 g/mol. The van der Waals surface area contributed by atoms with E-state index in [2.05, 4.69) is 10.3 Å². The van der Waals surface area contributed by atoms with Gasteiger partial charge >= 0.3 is 0 Å². The molecular formula is C11H9ClFN3. The quantitative estimate of drug-likeness (QED) is 0.843. The maximum absolute atomic E-state index is 13.2. The number of nitrogens with two attached hydrogens (primary N) is 1. The van der Waals surface area contributed by atoms with Gasteiger partial charge in [0.25, 0.3) is 0 Å². The number of benzene rings is 1.